The van der Waals surface area contributed by atoms with E-state index in [0.29, 0.717) is 0 Å². The van der Waals surface area contributed by atoms with Gasteiger partial charge in [-0.25, -0.2) is 9.97 Å². The molecule has 4 rings (SSSR count). The molecule has 1 saturated heterocycles. The first-order valence-electron chi connectivity index (χ1n) is 8.34. The zero-order valence-electron chi connectivity index (χ0n) is 14.7. The van der Waals surface area contributed by atoms with Crippen molar-refractivity contribution >= 4 is 28.0 Å². The van der Waals surface area contributed by atoms with Crippen molar-refractivity contribution < 1.29 is 4.79 Å². The molecule has 1 amide bonds. The molecular formula is C19H20N4OS. The Bertz CT molecular complexity index is 894. The maximum absolute atomic E-state index is 13.1. The molecule has 1 aliphatic carbocycles. The molecule has 0 radical (unpaired) electrons. The summed E-state index contributed by atoms with van der Waals surface area (Å²) in [6.45, 7) is 7.88. The maximum Gasteiger partial charge on any atom is 0.234 e. The summed E-state index contributed by atoms with van der Waals surface area (Å²) in [5.41, 5.74) is 2.53. The predicted octanol–water partition coefficient (Wildman–Crippen LogP) is 3.56. The first-order valence-corrected chi connectivity index (χ1v) is 9.11. The zero-order valence-corrected chi connectivity index (χ0v) is 15.5. The number of aromatic nitrogens is 3. The molecule has 0 spiro atoms. The summed E-state index contributed by atoms with van der Waals surface area (Å²) in [6.07, 6.45) is 10.1. The average Bonchev–Trinajstić information content (AvgIpc) is 3.08. The van der Waals surface area contributed by atoms with Gasteiger partial charge in [-0.05, 0) is 37.0 Å². The minimum Gasteiger partial charge on any atom is -0.294 e. The minimum absolute atomic E-state index is 0.0105. The second-order valence-electron chi connectivity index (χ2n) is 7.22. The molecule has 2 atom stereocenters. The van der Waals surface area contributed by atoms with Gasteiger partial charge in [0.25, 0.3) is 0 Å². The molecule has 0 aromatic carbocycles. The topological polar surface area (TPSA) is 59.0 Å². The van der Waals surface area contributed by atoms with Crippen LogP contribution in [0.5, 0.6) is 0 Å². The lowest BCUT2D eigenvalue weighted by molar-refractivity contribution is -0.124. The molecule has 25 heavy (non-hydrogen) atoms. The van der Waals surface area contributed by atoms with E-state index in [1.807, 2.05) is 51.1 Å². The number of fused-ring (bicyclic) bond motifs is 1. The van der Waals surface area contributed by atoms with Crippen LogP contribution in [0.4, 0.5) is 5.00 Å². The van der Waals surface area contributed by atoms with Gasteiger partial charge in [-0.2, -0.15) is 4.37 Å². The number of hydrogen-bond acceptors (Lipinski definition) is 5. The molecule has 3 heterocycles. The van der Waals surface area contributed by atoms with Crippen molar-refractivity contribution in [3.05, 3.63) is 53.8 Å². The molecule has 1 fully saturated rings. The van der Waals surface area contributed by atoms with Crippen LogP contribution >= 0.6 is 11.5 Å². The third kappa shape index (κ3) is 2.52. The first-order chi connectivity index (χ1) is 11.9. The van der Waals surface area contributed by atoms with E-state index in [9.17, 15) is 4.79 Å². The summed E-state index contributed by atoms with van der Waals surface area (Å²) in [4.78, 5) is 23.6. The van der Waals surface area contributed by atoms with E-state index in [1.165, 1.54) is 11.5 Å². The molecule has 1 aliphatic heterocycles. The van der Waals surface area contributed by atoms with E-state index < -0.39 is 5.41 Å². The van der Waals surface area contributed by atoms with Crippen molar-refractivity contribution in [2.24, 2.45) is 11.3 Å². The van der Waals surface area contributed by atoms with Crippen LogP contribution in [-0.2, 0) is 4.79 Å². The molecule has 2 unspecified atom stereocenters. The van der Waals surface area contributed by atoms with E-state index in [2.05, 4.69) is 32.6 Å². The number of aryl methyl sites for hydroxylation is 2. The van der Waals surface area contributed by atoms with Gasteiger partial charge in [0.15, 0.2) is 0 Å². The van der Waals surface area contributed by atoms with E-state index in [-0.39, 0.29) is 17.9 Å². The fourth-order valence-electron chi connectivity index (χ4n) is 3.60. The highest BCUT2D eigenvalue weighted by Gasteiger charge is 2.53. The molecule has 128 valence electrons. The van der Waals surface area contributed by atoms with Crippen molar-refractivity contribution in [3.8, 4) is 0 Å². The third-order valence-corrected chi connectivity index (χ3v) is 5.95. The molecule has 2 aromatic rings. The number of rotatable bonds is 2. The molecule has 5 nitrogen and oxygen atoms in total. The van der Waals surface area contributed by atoms with E-state index in [1.54, 1.807) is 0 Å². The molecule has 0 bridgehead atoms. The summed E-state index contributed by atoms with van der Waals surface area (Å²) in [6, 6.07) is 1.98. The van der Waals surface area contributed by atoms with Gasteiger partial charge in [0.05, 0.1) is 17.2 Å². The Morgan fingerprint density at radius 2 is 1.92 bits per heavy atom. The minimum atomic E-state index is -0.440. The van der Waals surface area contributed by atoms with Crippen molar-refractivity contribution in [2.75, 3.05) is 4.90 Å². The predicted molar refractivity (Wildman–Crippen MR) is 99.3 cm³/mol. The Morgan fingerprint density at radius 1 is 1.20 bits per heavy atom. The lowest BCUT2D eigenvalue weighted by Crippen LogP contribution is -2.34. The van der Waals surface area contributed by atoms with Crippen LogP contribution in [0.1, 0.15) is 30.9 Å². The number of nitrogens with zero attached hydrogens (tertiary/aromatic N) is 4. The Hall–Kier alpha value is -2.34. The Kier molecular flexibility index (Phi) is 3.61. The largest absolute Gasteiger partial charge is 0.294 e. The summed E-state index contributed by atoms with van der Waals surface area (Å²) >= 11 is 1.38. The fourth-order valence-corrected chi connectivity index (χ4v) is 4.41. The average molecular weight is 352 g/mol. The number of carbonyl (C=O) groups is 1. The highest BCUT2D eigenvalue weighted by atomic mass is 32.1. The van der Waals surface area contributed by atoms with E-state index >= 15 is 0 Å². The second kappa shape index (κ2) is 5.59. The van der Waals surface area contributed by atoms with Crippen LogP contribution in [0.15, 0.2) is 36.7 Å². The Balaban J connectivity index is 1.78. The first kappa shape index (κ1) is 16.1. The fraction of sp³-hybridized carbons (Fsp3) is 0.368. The molecular weight excluding hydrogens is 332 g/mol. The van der Waals surface area contributed by atoms with Crippen LogP contribution in [-0.4, -0.2) is 26.3 Å². The zero-order chi connectivity index (χ0) is 17.8. The SMILES string of the molecule is Cc1cc(N2C(=O)C(C)(C)C3C=CC(c4cnc(C)nc4)=CC32)sn1. The summed E-state index contributed by atoms with van der Waals surface area (Å²) in [5, 5.41) is 0.911. The lowest BCUT2D eigenvalue weighted by atomic mass is 9.75. The van der Waals surface area contributed by atoms with Gasteiger partial charge in [0, 0.05) is 23.9 Å². The van der Waals surface area contributed by atoms with Gasteiger partial charge >= 0.3 is 0 Å². The Morgan fingerprint density at radius 3 is 2.56 bits per heavy atom. The van der Waals surface area contributed by atoms with Crippen LogP contribution in [0, 0.1) is 25.2 Å². The van der Waals surface area contributed by atoms with Crippen molar-refractivity contribution in [1.82, 2.24) is 14.3 Å². The van der Waals surface area contributed by atoms with Crippen LogP contribution in [0.2, 0.25) is 0 Å². The quantitative estimate of drug-likeness (QED) is 0.829. The van der Waals surface area contributed by atoms with Crippen molar-refractivity contribution in [3.63, 3.8) is 0 Å². The van der Waals surface area contributed by atoms with Crippen molar-refractivity contribution in [1.29, 1.82) is 0 Å². The maximum atomic E-state index is 13.1. The highest BCUT2D eigenvalue weighted by Crippen LogP contribution is 2.48. The smallest absolute Gasteiger partial charge is 0.234 e. The second-order valence-corrected chi connectivity index (χ2v) is 8.00. The molecule has 0 N–H and O–H groups in total. The van der Waals surface area contributed by atoms with Gasteiger partial charge < -0.3 is 0 Å². The van der Waals surface area contributed by atoms with Gasteiger partial charge in [-0.15, -0.1) is 0 Å². The van der Waals surface area contributed by atoms with Crippen LogP contribution in [0.3, 0.4) is 0 Å². The number of amides is 1. The monoisotopic (exact) mass is 352 g/mol. The molecule has 6 heteroatoms. The third-order valence-electron chi connectivity index (χ3n) is 5.07. The number of hydrogen-bond donors (Lipinski definition) is 0. The summed E-state index contributed by atoms with van der Waals surface area (Å²) in [5.74, 6) is 1.03. The molecule has 2 aromatic heterocycles. The van der Waals surface area contributed by atoms with Crippen LogP contribution in [0.25, 0.3) is 5.57 Å². The van der Waals surface area contributed by atoms with Crippen LogP contribution < -0.4 is 4.90 Å². The standard InChI is InChI=1S/C19H20N4OS/c1-11-7-17(25-22-11)23-16-8-13(14-9-20-12(2)21-10-14)5-6-15(16)19(3,4)18(23)24/h5-10,15-16H,1-4H3. The summed E-state index contributed by atoms with van der Waals surface area (Å²) in [7, 11) is 0. The number of carbonyl (C=O) groups excluding carboxylic acids is 1. The highest BCUT2D eigenvalue weighted by molar-refractivity contribution is 7.10. The number of anilines is 1. The van der Waals surface area contributed by atoms with Gasteiger partial charge in [0.1, 0.15) is 10.8 Å². The number of allylic oxidation sites excluding steroid dienone is 2. The summed E-state index contributed by atoms with van der Waals surface area (Å²) < 4.78 is 4.36. The van der Waals surface area contributed by atoms with E-state index in [4.69, 9.17) is 0 Å². The lowest BCUT2D eigenvalue weighted by Gasteiger charge is -2.27. The van der Waals surface area contributed by atoms with Gasteiger partial charge in [0.2, 0.25) is 5.91 Å². The van der Waals surface area contributed by atoms with Gasteiger partial charge in [-0.3, -0.25) is 9.69 Å². The van der Waals surface area contributed by atoms with E-state index in [0.717, 1.165) is 27.7 Å². The Labute approximate surface area is 151 Å². The van der Waals surface area contributed by atoms with Crippen molar-refractivity contribution in [2.45, 2.75) is 33.7 Å². The molecule has 0 saturated carbocycles. The molecule has 2 aliphatic rings. The van der Waals surface area contributed by atoms with Gasteiger partial charge in [-0.1, -0.05) is 32.1 Å². The normalized spacial score (nSPS) is 24.4.